The maximum atomic E-state index is 12.2. The van der Waals surface area contributed by atoms with Gasteiger partial charge < -0.3 is 5.73 Å². The Kier molecular flexibility index (Phi) is 3.76. The van der Waals surface area contributed by atoms with E-state index in [0.29, 0.717) is 17.1 Å². The molecule has 0 saturated carbocycles. The van der Waals surface area contributed by atoms with Crippen molar-refractivity contribution in [2.75, 3.05) is 10.5 Å². The van der Waals surface area contributed by atoms with Gasteiger partial charge in [0.2, 0.25) is 0 Å². The van der Waals surface area contributed by atoms with Crippen molar-refractivity contribution in [2.24, 2.45) is 0 Å². The van der Waals surface area contributed by atoms with E-state index in [1.807, 2.05) is 6.92 Å². The van der Waals surface area contributed by atoms with Crippen LogP contribution in [-0.2, 0) is 14.4 Å². The Hall–Kier alpha value is -2.34. The lowest BCUT2D eigenvalue weighted by molar-refractivity contribution is -0.355. The summed E-state index contributed by atoms with van der Waals surface area (Å²) in [5, 5.41) is 0. The van der Waals surface area contributed by atoms with Crippen LogP contribution in [0.2, 0.25) is 0 Å². The second kappa shape index (κ2) is 5.34. The molecule has 104 valence electrons. The summed E-state index contributed by atoms with van der Waals surface area (Å²) in [5.74, 6) is 0.516. The Labute approximate surface area is 117 Å². The molecule has 0 unspecified atom stereocenters. The van der Waals surface area contributed by atoms with Crippen LogP contribution in [0.15, 0.2) is 47.4 Å². The van der Waals surface area contributed by atoms with Crippen molar-refractivity contribution < 1.29 is 12.8 Å². The van der Waals surface area contributed by atoms with Crippen LogP contribution in [0.1, 0.15) is 5.56 Å². The van der Waals surface area contributed by atoms with E-state index in [-0.39, 0.29) is 4.90 Å². The summed E-state index contributed by atoms with van der Waals surface area (Å²) in [7, 11) is -3.65. The molecule has 20 heavy (non-hydrogen) atoms. The molecule has 0 amide bonds. The van der Waals surface area contributed by atoms with Crippen LogP contribution < -0.4 is 10.5 Å². The van der Waals surface area contributed by atoms with E-state index in [1.54, 1.807) is 18.2 Å². The predicted molar refractivity (Wildman–Crippen MR) is 79.4 cm³/mol. The molecular weight excluding hydrogens is 276 g/mol. The van der Waals surface area contributed by atoms with E-state index in [9.17, 15) is 8.42 Å². The molecule has 0 saturated heterocycles. The fourth-order valence-electron chi connectivity index (χ4n) is 1.68. The van der Waals surface area contributed by atoms with E-state index in [1.165, 1.54) is 24.3 Å². The number of anilines is 2. The summed E-state index contributed by atoms with van der Waals surface area (Å²) in [6, 6.07) is 11.0. The minimum absolute atomic E-state index is 0.143. The average Bonchev–Trinajstić information content (AvgIpc) is 2.41. The molecule has 0 atom stereocenters. The largest absolute Gasteiger partial charge is 0.399 e. The van der Waals surface area contributed by atoms with Gasteiger partial charge in [0.15, 0.2) is 0 Å². The van der Waals surface area contributed by atoms with E-state index in [4.69, 9.17) is 10.2 Å². The standard InChI is InChI=1S/C14H15N2O3S/c1-10-3-6-12(9-14(10)19-2)16-20(17,18)13-7-4-11(15)5-8-13/h3-9,16H,2,15H2,1H3/q+1. The Bertz CT molecular complexity index is 738. The molecule has 0 heterocycles. The molecule has 0 aliphatic rings. The summed E-state index contributed by atoms with van der Waals surface area (Å²) in [5.41, 5.74) is 7.32. The predicted octanol–water partition coefficient (Wildman–Crippen LogP) is 2.46. The van der Waals surface area contributed by atoms with Gasteiger partial charge in [-0.2, -0.15) is 0 Å². The topological polar surface area (TPSA) is 83.5 Å². The van der Waals surface area contributed by atoms with Crippen molar-refractivity contribution in [2.45, 2.75) is 11.8 Å². The molecule has 0 spiro atoms. The second-order valence-corrected chi connectivity index (χ2v) is 5.98. The average molecular weight is 291 g/mol. The molecule has 2 aromatic rings. The number of benzene rings is 2. The first-order valence-electron chi connectivity index (χ1n) is 5.83. The number of nitrogens with one attached hydrogen (secondary N) is 1. The lowest BCUT2D eigenvalue weighted by Gasteiger charge is -2.08. The van der Waals surface area contributed by atoms with Crippen LogP contribution in [0.25, 0.3) is 0 Å². The number of rotatable bonds is 4. The molecule has 0 radical (unpaired) electrons. The third kappa shape index (κ3) is 2.97. The number of sulfonamides is 1. The molecule has 5 nitrogen and oxygen atoms in total. The van der Waals surface area contributed by atoms with Gasteiger partial charge in [-0.3, -0.25) is 4.72 Å². The summed E-state index contributed by atoms with van der Waals surface area (Å²) in [6.45, 7) is 5.18. The Morgan fingerprint density at radius 3 is 2.40 bits per heavy atom. The number of aryl methyl sites for hydroxylation is 1. The highest BCUT2D eigenvalue weighted by Crippen LogP contribution is 2.24. The van der Waals surface area contributed by atoms with Crippen molar-refractivity contribution in [1.29, 1.82) is 0 Å². The molecule has 0 aliphatic heterocycles. The monoisotopic (exact) mass is 291 g/mol. The van der Waals surface area contributed by atoms with Gasteiger partial charge in [-0.1, -0.05) is 0 Å². The van der Waals surface area contributed by atoms with Crippen molar-refractivity contribution in [1.82, 2.24) is 0 Å². The summed E-state index contributed by atoms with van der Waals surface area (Å²) in [4.78, 5) is 0.143. The SMILES string of the molecule is C=[O+]c1cc(NS(=O)(=O)c2ccc(N)cc2)ccc1C. The highest BCUT2D eigenvalue weighted by atomic mass is 32.2. The molecule has 6 heteroatoms. The van der Waals surface area contributed by atoms with E-state index < -0.39 is 10.0 Å². The molecule has 2 aromatic carbocycles. The minimum atomic E-state index is -3.65. The number of nitrogen functional groups attached to an aromatic ring is 1. The highest BCUT2D eigenvalue weighted by Gasteiger charge is 2.16. The van der Waals surface area contributed by atoms with Crippen LogP contribution in [0.5, 0.6) is 5.75 Å². The molecular formula is C14H15N2O3S+. The van der Waals surface area contributed by atoms with Gasteiger partial charge in [0, 0.05) is 5.69 Å². The van der Waals surface area contributed by atoms with Gasteiger partial charge in [0.05, 0.1) is 22.2 Å². The zero-order chi connectivity index (χ0) is 14.8. The molecule has 0 bridgehead atoms. The van der Waals surface area contributed by atoms with Gasteiger partial charge in [0.1, 0.15) is 0 Å². The van der Waals surface area contributed by atoms with Gasteiger partial charge >= 0.3 is 5.75 Å². The van der Waals surface area contributed by atoms with Crippen LogP contribution >= 0.6 is 0 Å². The summed E-state index contributed by atoms with van der Waals surface area (Å²) in [6.07, 6.45) is 0. The van der Waals surface area contributed by atoms with Gasteiger partial charge in [-0.05, 0) is 43.3 Å². The first-order valence-corrected chi connectivity index (χ1v) is 7.32. The Morgan fingerprint density at radius 1 is 1.15 bits per heavy atom. The van der Waals surface area contributed by atoms with E-state index in [0.717, 1.165) is 5.56 Å². The molecule has 0 aromatic heterocycles. The fourth-order valence-corrected chi connectivity index (χ4v) is 2.73. The molecule has 2 rings (SSSR count). The summed E-state index contributed by atoms with van der Waals surface area (Å²) < 4.78 is 31.8. The maximum Gasteiger partial charge on any atom is 0.356 e. The number of hydrogen-bond donors (Lipinski definition) is 2. The number of carbonyl (C=O) groups excluding carboxylic acids is 1. The van der Waals surface area contributed by atoms with E-state index >= 15 is 0 Å². The smallest absolute Gasteiger partial charge is 0.356 e. The van der Waals surface area contributed by atoms with Gasteiger partial charge in [-0.25, -0.2) is 12.8 Å². The number of nitrogens with two attached hydrogens (primary N) is 1. The maximum absolute atomic E-state index is 12.2. The quantitative estimate of drug-likeness (QED) is 0.670. The van der Waals surface area contributed by atoms with Gasteiger partial charge in [-0.15, -0.1) is 0 Å². The van der Waals surface area contributed by atoms with Crippen LogP contribution in [0.3, 0.4) is 0 Å². The van der Waals surface area contributed by atoms with Crippen molar-refractivity contribution in [3.63, 3.8) is 0 Å². The highest BCUT2D eigenvalue weighted by molar-refractivity contribution is 7.92. The third-order valence-corrected chi connectivity index (χ3v) is 4.18. The zero-order valence-electron chi connectivity index (χ0n) is 11.0. The van der Waals surface area contributed by atoms with Crippen LogP contribution in [-0.4, -0.2) is 15.2 Å². The van der Waals surface area contributed by atoms with Crippen molar-refractivity contribution >= 4 is 28.2 Å². The lowest BCUT2D eigenvalue weighted by Crippen LogP contribution is -2.12. The normalized spacial score (nSPS) is 11.1. The van der Waals surface area contributed by atoms with Gasteiger partial charge in [0.25, 0.3) is 16.8 Å². The number of hydrogen-bond acceptors (Lipinski definition) is 3. The minimum Gasteiger partial charge on any atom is -0.399 e. The molecule has 0 fully saturated rings. The van der Waals surface area contributed by atoms with Crippen molar-refractivity contribution in [3.8, 4) is 5.75 Å². The first kappa shape index (κ1) is 14.1. The molecule has 3 N–H and O–H groups in total. The molecule has 0 aliphatic carbocycles. The Morgan fingerprint density at radius 2 is 1.80 bits per heavy atom. The van der Waals surface area contributed by atoms with Crippen LogP contribution in [0.4, 0.5) is 11.4 Å². The zero-order valence-corrected chi connectivity index (χ0v) is 11.8. The third-order valence-electron chi connectivity index (χ3n) is 2.79. The van der Waals surface area contributed by atoms with E-state index in [2.05, 4.69) is 11.5 Å². The van der Waals surface area contributed by atoms with Crippen LogP contribution in [0, 0.1) is 6.92 Å². The fraction of sp³-hybridized carbons (Fsp3) is 0.0714. The van der Waals surface area contributed by atoms with Crippen molar-refractivity contribution in [3.05, 3.63) is 48.0 Å². The first-order chi connectivity index (χ1) is 9.42. The summed E-state index contributed by atoms with van der Waals surface area (Å²) >= 11 is 0. The Balaban J connectivity index is 2.33. The second-order valence-electron chi connectivity index (χ2n) is 4.30. The lowest BCUT2D eigenvalue weighted by atomic mass is 10.2.